The van der Waals surface area contributed by atoms with Crippen LogP contribution >= 0.6 is 11.6 Å². The molecule has 0 aromatic carbocycles. The van der Waals surface area contributed by atoms with Gasteiger partial charge >= 0.3 is 0 Å². The first kappa shape index (κ1) is 18.3. The molecule has 0 radical (unpaired) electrons. The fourth-order valence-corrected chi connectivity index (χ4v) is 5.62. The van der Waals surface area contributed by atoms with Gasteiger partial charge in [-0.3, -0.25) is 18.4 Å². The zero-order valence-electron chi connectivity index (χ0n) is 16.0. The number of fused-ring (bicyclic) bond motifs is 1. The molecule has 2 fully saturated rings. The highest BCUT2D eigenvalue weighted by Crippen LogP contribution is 2.46. The van der Waals surface area contributed by atoms with Crippen LogP contribution in [-0.4, -0.2) is 58.6 Å². The Labute approximate surface area is 171 Å². The van der Waals surface area contributed by atoms with Gasteiger partial charge < -0.3 is 0 Å². The van der Waals surface area contributed by atoms with E-state index in [0.717, 1.165) is 54.2 Å². The summed E-state index contributed by atoms with van der Waals surface area (Å²) in [6.45, 7) is 1.95. The van der Waals surface area contributed by atoms with E-state index in [2.05, 4.69) is 31.8 Å². The minimum atomic E-state index is -0.618. The van der Waals surface area contributed by atoms with E-state index in [1.165, 1.54) is 18.4 Å². The Balaban J connectivity index is 1.43. The van der Waals surface area contributed by atoms with Gasteiger partial charge in [0.15, 0.2) is 0 Å². The molecule has 0 amide bonds. The Bertz CT molecular complexity index is 1040. The minimum absolute atomic E-state index is 0.313. The Hall–Kier alpha value is -1.70. The number of halogens is 1. The third-order valence-electron chi connectivity index (χ3n) is 6.21. The fourth-order valence-electron chi connectivity index (χ4n) is 4.42. The Morgan fingerprint density at radius 2 is 2.00 bits per heavy atom. The van der Waals surface area contributed by atoms with E-state index in [9.17, 15) is 4.21 Å². The number of nitrogens with zero attached hydrogens (tertiary/aromatic N) is 5. The molecule has 2 aliphatic rings. The van der Waals surface area contributed by atoms with Gasteiger partial charge in [0.05, 0.1) is 11.9 Å². The Kier molecular flexibility index (Phi) is 4.56. The van der Waals surface area contributed by atoms with Crippen molar-refractivity contribution in [2.75, 3.05) is 24.6 Å². The van der Waals surface area contributed by atoms with Crippen molar-refractivity contribution in [3.63, 3.8) is 0 Å². The second-order valence-corrected chi connectivity index (χ2v) is 10.0. The minimum Gasteiger partial charge on any atom is -0.298 e. The van der Waals surface area contributed by atoms with E-state index in [-0.39, 0.29) is 0 Å². The van der Waals surface area contributed by atoms with Gasteiger partial charge in [0, 0.05) is 65.8 Å². The molecule has 5 rings (SSSR count). The lowest BCUT2D eigenvalue weighted by molar-refractivity contribution is 0.183. The molecule has 1 aliphatic heterocycles. The highest BCUT2D eigenvalue weighted by molar-refractivity contribution is 7.85. The zero-order chi connectivity index (χ0) is 19.3. The molecule has 0 N–H and O–H groups in total. The molecule has 6 nitrogen and oxygen atoms in total. The summed E-state index contributed by atoms with van der Waals surface area (Å²) in [6, 6.07) is 3.95. The summed E-state index contributed by atoms with van der Waals surface area (Å²) in [4.78, 5) is 7.17. The summed E-state index contributed by atoms with van der Waals surface area (Å²) in [5.41, 5.74) is 3.49. The van der Waals surface area contributed by atoms with Gasteiger partial charge in [-0.05, 0) is 43.4 Å². The fraction of sp³-hybridized carbons (Fsp3) is 0.500. The zero-order valence-corrected chi connectivity index (χ0v) is 17.5. The first-order valence-corrected chi connectivity index (χ1v) is 11.7. The lowest BCUT2D eigenvalue weighted by Crippen LogP contribution is -2.46. The maximum Gasteiger partial charge on any atom is 0.146 e. The number of rotatable bonds is 5. The van der Waals surface area contributed by atoms with Crippen LogP contribution < -0.4 is 0 Å². The summed E-state index contributed by atoms with van der Waals surface area (Å²) in [7, 11) is 1.30. The van der Waals surface area contributed by atoms with Crippen molar-refractivity contribution in [1.82, 2.24) is 24.2 Å². The molecule has 3 aromatic rings. The van der Waals surface area contributed by atoms with Crippen molar-refractivity contribution >= 4 is 33.4 Å². The molecule has 8 heteroatoms. The second-order valence-electron chi connectivity index (χ2n) is 7.96. The van der Waals surface area contributed by atoms with Crippen molar-refractivity contribution in [1.29, 1.82) is 0 Å². The van der Waals surface area contributed by atoms with Gasteiger partial charge in [0.2, 0.25) is 0 Å². The van der Waals surface area contributed by atoms with Gasteiger partial charge in [0.25, 0.3) is 0 Å². The quantitative estimate of drug-likeness (QED) is 0.599. The van der Waals surface area contributed by atoms with Crippen LogP contribution in [0.15, 0.2) is 30.7 Å². The van der Waals surface area contributed by atoms with Crippen LogP contribution in [0.5, 0.6) is 0 Å². The average molecular weight is 418 g/mol. The third-order valence-corrected chi connectivity index (χ3v) is 7.69. The summed E-state index contributed by atoms with van der Waals surface area (Å²) >= 11 is 6.19. The normalized spacial score (nSPS) is 20.1. The van der Waals surface area contributed by atoms with Crippen LogP contribution in [0, 0.1) is 0 Å². The molecule has 28 heavy (non-hydrogen) atoms. The summed E-state index contributed by atoms with van der Waals surface area (Å²) in [5.74, 6) is 1.65. The van der Waals surface area contributed by atoms with Crippen LogP contribution in [-0.2, 0) is 24.3 Å². The largest absolute Gasteiger partial charge is 0.298 e. The smallest absolute Gasteiger partial charge is 0.146 e. The van der Waals surface area contributed by atoms with Crippen LogP contribution in [0.25, 0.3) is 16.7 Å². The van der Waals surface area contributed by atoms with E-state index in [1.807, 2.05) is 25.5 Å². The maximum absolute atomic E-state index is 11.7. The van der Waals surface area contributed by atoms with Gasteiger partial charge in [0.1, 0.15) is 10.8 Å². The second kappa shape index (κ2) is 6.97. The standard InChI is InChI=1S/C20H24ClN5OS/c1-24-14-16(12-22-24)26-13-15(17-2-3-18(21)23-19(17)26)4-5-20(6-7-20)25-8-10-28(27)11-9-25/h2-3,12-14H,4-11H2,1H3. The number of hydrogen-bond acceptors (Lipinski definition) is 4. The molecule has 0 atom stereocenters. The van der Waals surface area contributed by atoms with E-state index in [1.54, 1.807) is 4.68 Å². The highest BCUT2D eigenvalue weighted by atomic mass is 35.5. The Morgan fingerprint density at radius 3 is 2.68 bits per heavy atom. The van der Waals surface area contributed by atoms with E-state index < -0.39 is 10.8 Å². The van der Waals surface area contributed by atoms with Gasteiger partial charge in [-0.2, -0.15) is 5.10 Å². The van der Waals surface area contributed by atoms with Crippen molar-refractivity contribution < 1.29 is 4.21 Å². The number of aromatic nitrogens is 4. The van der Waals surface area contributed by atoms with E-state index in [0.29, 0.717) is 10.7 Å². The molecule has 1 saturated heterocycles. The van der Waals surface area contributed by atoms with Crippen molar-refractivity contribution in [2.45, 2.75) is 31.2 Å². The molecular formula is C20H24ClN5OS. The molecule has 0 unspecified atom stereocenters. The molecule has 4 heterocycles. The molecule has 1 aliphatic carbocycles. The van der Waals surface area contributed by atoms with Crippen LogP contribution in [0.4, 0.5) is 0 Å². The summed E-state index contributed by atoms with van der Waals surface area (Å²) in [6.07, 6.45) is 10.7. The SMILES string of the molecule is Cn1cc(-n2cc(CCC3(N4CCS(=O)CC4)CC3)c3ccc(Cl)nc32)cn1. The third kappa shape index (κ3) is 3.29. The average Bonchev–Trinajstić information content (AvgIpc) is 3.22. The van der Waals surface area contributed by atoms with Crippen LogP contribution in [0.1, 0.15) is 24.8 Å². The molecule has 0 spiro atoms. The first-order valence-electron chi connectivity index (χ1n) is 9.80. The summed E-state index contributed by atoms with van der Waals surface area (Å²) < 4.78 is 15.6. The van der Waals surface area contributed by atoms with Gasteiger partial charge in [-0.15, -0.1) is 0 Å². The lowest BCUT2D eigenvalue weighted by atomic mass is 10.0. The van der Waals surface area contributed by atoms with Crippen LogP contribution in [0.3, 0.4) is 0 Å². The van der Waals surface area contributed by atoms with E-state index >= 15 is 0 Å². The molecule has 148 valence electrons. The molecule has 1 saturated carbocycles. The number of aryl methyl sites for hydroxylation is 2. The number of pyridine rings is 1. The molecule has 0 bridgehead atoms. The summed E-state index contributed by atoms with van der Waals surface area (Å²) in [5, 5.41) is 5.96. The topological polar surface area (TPSA) is 56.0 Å². The Morgan fingerprint density at radius 1 is 1.21 bits per heavy atom. The van der Waals surface area contributed by atoms with E-state index in [4.69, 9.17) is 11.6 Å². The van der Waals surface area contributed by atoms with Crippen molar-refractivity contribution in [3.8, 4) is 5.69 Å². The van der Waals surface area contributed by atoms with Gasteiger partial charge in [-0.25, -0.2) is 4.98 Å². The van der Waals surface area contributed by atoms with Crippen molar-refractivity contribution in [3.05, 3.63) is 41.4 Å². The monoisotopic (exact) mass is 417 g/mol. The predicted molar refractivity (Wildman–Crippen MR) is 113 cm³/mol. The van der Waals surface area contributed by atoms with Crippen molar-refractivity contribution in [2.24, 2.45) is 7.05 Å². The first-order chi connectivity index (χ1) is 13.5. The highest BCUT2D eigenvalue weighted by Gasteiger charge is 2.47. The van der Waals surface area contributed by atoms with Crippen LogP contribution in [0.2, 0.25) is 5.15 Å². The predicted octanol–water partition coefficient (Wildman–Crippen LogP) is 2.94. The molecule has 3 aromatic heterocycles. The lowest BCUT2D eigenvalue weighted by Gasteiger charge is -2.34. The molecular weight excluding hydrogens is 394 g/mol. The number of hydrogen-bond donors (Lipinski definition) is 0. The maximum atomic E-state index is 11.7. The van der Waals surface area contributed by atoms with Gasteiger partial charge in [-0.1, -0.05) is 11.6 Å².